The molecular weight excluding hydrogens is 719 g/mol. The van der Waals surface area contributed by atoms with Crippen LogP contribution >= 0.6 is 11.8 Å². The normalized spacial score (nSPS) is 13.4. The molecule has 292 valence electrons. The molecule has 0 saturated heterocycles. The Morgan fingerprint density at radius 2 is 1.43 bits per heavy atom. The molecule has 1 heterocycles. The molecule has 4 atom stereocenters. The first-order chi connectivity index (χ1) is 25.5. The number of nitrogens with two attached hydrogens (primary N) is 1. The monoisotopic (exact) mass is 767 g/mol. The lowest BCUT2D eigenvalue weighted by molar-refractivity contribution is -0.141. The van der Waals surface area contributed by atoms with Crippen LogP contribution < -0.4 is 32.3 Å². The molecule has 16 nitrogen and oxygen atoms in total. The smallest absolute Gasteiger partial charge is 0.407 e. The van der Waals surface area contributed by atoms with Crippen molar-refractivity contribution in [2.45, 2.75) is 82.6 Å². The van der Waals surface area contributed by atoms with Crippen molar-refractivity contribution >= 4 is 64.3 Å². The van der Waals surface area contributed by atoms with Crippen LogP contribution in [0.15, 0.2) is 60.7 Å². The fourth-order valence-corrected chi connectivity index (χ4v) is 5.78. The Morgan fingerprint density at radius 1 is 0.815 bits per heavy atom. The van der Waals surface area contributed by atoms with E-state index >= 15 is 0 Å². The van der Waals surface area contributed by atoms with E-state index in [2.05, 4.69) is 31.6 Å². The number of ether oxygens (including phenoxy) is 1. The molecule has 3 aromatic rings. The zero-order valence-electron chi connectivity index (χ0n) is 30.7. The van der Waals surface area contributed by atoms with Crippen molar-refractivity contribution in [3.8, 4) is 0 Å². The summed E-state index contributed by atoms with van der Waals surface area (Å²) in [6.45, 7) is 5.03. The minimum Gasteiger partial charge on any atom is -0.481 e. The zero-order chi connectivity index (χ0) is 39.8. The van der Waals surface area contributed by atoms with E-state index in [9.17, 15) is 38.7 Å². The molecule has 3 rings (SSSR count). The molecule has 9 N–H and O–H groups in total. The zero-order valence-corrected chi connectivity index (χ0v) is 31.5. The number of aromatic amines is 1. The maximum Gasteiger partial charge on any atom is 0.407 e. The Morgan fingerprint density at radius 3 is 2.06 bits per heavy atom. The van der Waals surface area contributed by atoms with E-state index in [4.69, 9.17) is 10.5 Å². The van der Waals surface area contributed by atoms with Crippen molar-refractivity contribution in [2.24, 2.45) is 5.73 Å². The molecule has 6 amide bonds. The number of carboxylic acid groups (broad SMARTS) is 1. The minimum absolute atomic E-state index is 0.00256. The number of rotatable bonds is 20. The van der Waals surface area contributed by atoms with Crippen molar-refractivity contribution in [1.82, 2.24) is 31.6 Å². The van der Waals surface area contributed by atoms with Gasteiger partial charge in [-0.25, -0.2) is 4.79 Å². The Balaban J connectivity index is 1.78. The summed E-state index contributed by atoms with van der Waals surface area (Å²) in [5.74, 6) is -4.96. The van der Waals surface area contributed by atoms with E-state index in [1.807, 2.05) is 30.3 Å². The van der Waals surface area contributed by atoms with Gasteiger partial charge in [0.15, 0.2) is 0 Å². The largest absolute Gasteiger partial charge is 0.481 e. The van der Waals surface area contributed by atoms with Gasteiger partial charge in [-0.1, -0.05) is 48.5 Å². The number of H-pyrrole nitrogens is 1. The third kappa shape index (κ3) is 14.8. The fraction of sp³-hybridized carbons (Fsp3) is 0.432. The summed E-state index contributed by atoms with van der Waals surface area (Å²) in [6, 6.07) is 12.7. The van der Waals surface area contributed by atoms with E-state index in [0.29, 0.717) is 17.0 Å². The second kappa shape index (κ2) is 20.6. The van der Waals surface area contributed by atoms with Crippen molar-refractivity contribution in [1.29, 1.82) is 0 Å². The standard InChI is InChI=1S/C37H49N7O9S/c1-37(2,3)53-36(52)39-16-14-30(45)41-28(20-24-19-23-12-8-9-13-25(23)40-24)34(50)42-26(15-17-54-4)33(49)44-29(21-31(46)47)35(51)43-27(32(38)48)18-22-10-6-5-7-11-22/h5-13,19,26-29,40H,14-18,20-21H2,1-4H3,(H2,38,48)(H,39,52)(H,41,45)(H,42,50)(H,43,51)(H,44,49)(H,46,47)/t26-,27-,28-,29-/m0/s1. The number of amides is 6. The number of aliphatic carboxylic acids is 1. The van der Waals surface area contributed by atoms with Gasteiger partial charge < -0.3 is 47.1 Å². The summed E-state index contributed by atoms with van der Waals surface area (Å²) in [5, 5.41) is 23.2. The average Bonchev–Trinajstić information content (AvgIpc) is 3.51. The van der Waals surface area contributed by atoms with Crippen LogP contribution in [0.4, 0.5) is 4.79 Å². The molecule has 0 bridgehead atoms. The van der Waals surface area contributed by atoms with Gasteiger partial charge in [-0.3, -0.25) is 28.8 Å². The van der Waals surface area contributed by atoms with E-state index in [0.717, 1.165) is 10.9 Å². The molecule has 0 aliphatic heterocycles. The maximum atomic E-state index is 13.9. The van der Waals surface area contributed by atoms with Gasteiger partial charge in [-0.15, -0.1) is 0 Å². The Labute approximate surface area is 317 Å². The molecule has 0 spiro atoms. The van der Waals surface area contributed by atoms with Gasteiger partial charge >= 0.3 is 12.1 Å². The molecular formula is C37H49N7O9S. The number of aromatic nitrogens is 1. The number of alkyl carbamates (subject to hydrolysis) is 1. The lowest BCUT2D eigenvalue weighted by Gasteiger charge is -2.26. The van der Waals surface area contributed by atoms with Crippen LogP contribution in [-0.4, -0.2) is 100 Å². The van der Waals surface area contributed by atoms with Crippen LogP contribution in [-0.2, 0) is 46.3 Å². The Hall–Kier alpha value is -5.58. The van der Waals surface area contributed by atoms with Crippen LogP contribution in [0.5, 0.6) is 0 Å². The summed E-state index contributed by atoms with van der Waals surface area (Å²) in [4.78, 5) is 93.1. The highest BCUT2D eigenvalue weighted by atomic mass is 32.2. The molecule has 0 fully saturated rings. The van der Waals surface area contributed by atoms with Gasteiger partial charge in [-0.05, 0) is 62.3 Å². The average molecular weight is 768 g/mol. The Bertz CT molecular complexity index is 1740. The van der Waals surface area contributed by atoms with E-state index in [-0.39, 0.29) is 32.2 Å². The van der Waals surface area contributed by atoms with Gasteiger partial charge in [0.2, 0.25) is 29.5 Å². The molecule has 1 aromatic heterocycles. The van der Waals surface area contributed by atoms with E-state index in [1.54, 1.807) is 57.4 Å². The SMILES string of the molecule is CSCC[C@H](NC(=O)[C@H](Cc1cc2ccccc2[nH]1)NC(=O)CCNC(=O)OC(C)(C)C)C(=O)N[C@@H](CC(=O)O)C(=O)N[C@@H](Cc1ccccc1)C(N)=O. The number of benzene rings is 2. The second-order valence-corrected chi connectivity index (χ2v) is 14.5. The predicted octanol–water partition coefficient (Wildman–Crippen LogP) is 1.52. The lowest BCUT2D eigenvalue weighted by Crippen LogP contribution is -2.59. The number of hydrogen-bond donors (Lipinski definition) is 8. The summed E-state index contributed by atoms with van der Waals surface area (Å²) in [6.07, 6.45) is 0.193. The third-order valence-corrected chi connectivity index (χ3v) is 8.52. The third-order valence-electron chi connectivity index (χ3n) is 7.88. The number of thioether (sulfide) groups is 1. The number of fused-ring (bicyclic) bond motifs is 1. The topological polar surface area (TPSA) is 251 Å². The first kappa shape index (κ1) is 42.8. The lowest BCUT2D eigenvalue weighted by atomic mass is 10.0. The molecule has 2 aromatic carbocycles. The highest BCUT2D eigenvalue weighted by Gasteiger charge is 2.32. The number of carboxylic acids is 1. The highest BCUT2D eigenvalue weighted by molar-refractivity contribution is 7.98. The molecule has 0 saturated carbocycles. The molecule has 0 aliphatic rings. The van der Waals surface area contributed by atoms with Gasteiger partial charge in [0.1, 0.15) is 29.8 Å². The van der Waals surface area contributed by atoms with Gasteiger partial charge in [0.25, 0.3) is 0 Å². The van der Waals surface area contributed by atoms with Crippen LogP contribution in [0.25, 0.3) is 10.9 Å². The van der Waals surface area contributed by atoms with Crippen molar-refractivity contribution in [3.05, 3.63) is 71.9 Å². The predicted molar refractivity (Wildman–Crippen MR) is 203 cm³/mol. The second-order valence-electron chi connectivity index (χ2n) is 13.5. The van der Waals surface area contributed by atoms with Gasteiger partial charge in [-0.2, -0.15) is 11.8 Å². The van der Waals surface area contributed by atoms with E-state index < -0.39 is 77.8 Å². The number of primary amides is 1. The van der Waals surface area contributed by atoms with Crippen LogP contribution in [0.1, 0.15) is 51.3 Å². The number of para-hydroxylation sites is 1. The van der Waals surface area contributed by atoms with Crippen LogP contribution in [0, 0.1) is 0 Å². The number of nitrogens with one attached hydrogen (secondary N) is 6. The first-order valence-corrected chi connectivity index (χ1v) is 18.7. The number of hydrogen-bond acceptors (Lipinski definition) is 9. The van der Waals surface area contributed by atoms with Crippen LogP contribution in [0.3, 0.4) is 0 Å². The number of carbonyl (C=O) groups excluding carboxylic acids is 6. The molecule has 54 heavy (non-hydrogen) atoms. The maximum absolute atomic E-state index is 13.9. The van der Waals surface area contributed by atoms with E-state index in [1.165, 1.54) is 11.8 Å². The molecule has 0 unspecified atom stereocenters. The molecule has 0 aliphatic carbocycles. The molecule has 17 heteroatoms. The number of carbonyl (C=O) groups is 7. The first-order valence-electron chi connectivity index (χ1n) is 17.3. The van der Waals surface area contributed by atoms with Gasteiger partial charge in [0, 0.05) is 37.0 Å². The summed E-state index contributed by atoms with van der Waals surface area (Å²) < 4.78 is 5.19. The summed E-state index contributed by atoms with van der Waals surface area (Å²) >= 11 is 1.39. The van der Waals surface area contributed by atoms with Crippen molar-refractivity contribution in [3.63, 3.8) is 0 Å². The summed E-state index contributed by atoms with van der Waals surface area (Å²) in [5.41, 5.74) is 6.91. The highest BCUT2D eigenvalue weighted by Crippen LogP contribution is 2.16. The van der Waals surface area contributed by atoms with Crippen molar-refractivity contribution < 1.29 is 43.4 Å². The van der Waals surface area contributed by atoms with Gasteiger partial charge in [0.05, 0.1) is 6.42 Å². The minimum atomic E-state index is -1.62. The summed E-state index contributed by atoms with van der Waals surface area (Å²) in [7, 11) is 0. The van der Waals surface area contributed by atoms with Crippen molar-refractivity contribution in [2.75, 3.05) is 18.6 Å². The molecule has 0 radical (unpaired) electrons. The Kier molecular flexibility index (Phi) is 16.3. The fourth-order valence-electron chi connectivity index (χ4n) is 5.31. The quantitative estimate of drug-likeness (QED) is 0.0823. The van der Waals surface area contributed by atoms with Crippen LogP contribution in [0.2, 0.25) is 0 Å².